The Balaban J connectivity index is 2.08. The molecule has 0 spiro atoms. The van der Waals surface area contributed by atoms with Crippen molar-refractivity contribution in [3.63, 3.8) is 0 Å². The summed E-state index contributed by atoms with van der Waals surface area (Å²) in [5, 5.41) is 0. The van der Waals surface area contributed by atoms with Crippen LogP contribution in [0.4, 0.5) is 0 Å². The molecule has 2 atom stereocenters. The summed E-state index contributed by atoms with van der Waals surface area (Å²) in [6, 6.07) is 0.399. The van der Waals surface area contributed by atoms with Crippen LogP contribution in [0.3, 0.4) is 0 Å². The van der Waals surface area contributed by atoms with Gasteiger partial charge in [-0.3, -0.25) is 0 Å². The zero-order chi connectivity index (χ0) is 14.1. The van der Waals surface area contributed by atoms with E-state index in [2.05, 4.69) is 27.7 Å². The Labute approximate surface area is 120 Å². The van der Waals surface area contributed by atoms with Crippen LogP contribution >= 0.6 is 0 Å². The van der Waals surface area contributed by atoms with Crippen molar-refractivity contribution in [2.24, 2.45) is 16.8 Å². The normalized spacial score (nSPS) is 20.5. The number of unbranched alkanes of at least 4 members (excludes halogenated alkanes) is 5. The van der Waals surface area contributed by atoms with Crippen LogP contribution in [-0.2, 0) is 4.74 Å². The number of nitrogens with zero attached hydrogens (tertiary/aromatic N) is 1. The Bertz CT molecular complexity index is 260. The van der Waals surface area contributed by atoms with Crippen LogP contribution in [0.2, 0.25) is 0 Å². The Morgan fingerprint density at radius 2 is 1.79 bits per heavy atom. The minimum atomic E-state index is 0.399. The first-order valence-corrected chi connectivity index (χ1v) is 8.33. The lowest BCUT2D eigenvalue weighted by molar-refractivity contribution is 0.281. The van der Waals surface area contributed by atoms with E-state index in [9.17, 15) is 0 Å². The quantitative estimate of drug-likeness (QED) is 0.497. The monoisotopic (exact) mass is 267 g/mol. The van der Waals surface area contributed by atoms with Gasteiger partial charge in [0.05, 0.1) is 6.04 Å². The van der Waals surface area contributed by atoms with Gasteiger partial charge in [0.2, 0.25) is 0 Å². The first-order chi connectivity index (χ1) is 9.13. The van der Waals surface area contributed by atoms with Crippen molar-refractivity contribution in [2.45, 2.75) is 85.1 Å². The van der Waals surface area contributed by atoms with E-state index in [1.54, 1.807) is 0 Å². The molecule has 0 aromatic carbocycles. The molecule has 0 N–H and O–H groups in total. The fraction of sp³-hybridized carbons (Fsp3) is 0.941. The third kappa shape index (κ3) is 6.98. The van der Waals surface area contributed by atoms with Gasteiger partial charge in [0.25, 0.3) is 0 Å². The van der Waals surface area contributed by atoms with Gasteiger partial charge in [-0.15, -0.1) is 0 Å². The topological polar surface area (TPSA) is 21.6 Å². The predicted octanol–water partition coefficient (Wildman–Crippen LogP) is 5.22. The molecule has 0 aromatic heterocycles. The molecule has 112 valence electrons. The fourth-order valence-corrected chi connectivity index (χ4v) is 2.57. The van der Waals surface area contributed by atoms with Crippen LogP contribution in [0.1, 0.15) is 79.1 Å². The first kappa shape index (κ1) is 16.5. The van der Waals surface area contributed by atoms with Crippen LogP contribution in [0, 0.1) is 11.8 Å². The van der Waals surface area contributed by atoms with E-state index in [-0.39, 0.29) is 0 Å². The predicted molar refractivity (Wildman–Crippen MR) is 83.8 cm³/mol. The maximum absolute atomic E-state index is 5.71. The maximum atomic E-state index is 5.71. The number of rotatable bonds is 10. The lowest BCUT2D eigenvalue weighted by Crippen LogP contribution is -2.13. The molecule has 0 amide bonds. The van der Waals surface area contributed by atoms with E-state index in [1.165, 1.54) is 44.9 Å². The molecular weight excluding hydrogens is 234 g/mol. The molecule has 1 rings (SSSR count). The molecule has 0 saturated carbocycles. The summed E-state index contributed by atoms with van der Waals surface area (Å²) in [7, 11) is 0. The Hall–Kier alpha value is -0.530. The summed E-state index contributed by atoms with van der Waals surface area (Å²) in [6.45, 7) is 9.85. The van der Waals surface area contributed by atoms with E-state index >= 15 is 0 Å². The van der Waals surface area contributed by atoms with Crippen LogP contribution in [0.15, 0.2) is 4.99 Å². The van der Waals surface area contributed by atoms with E-state index in [1.807, 2.05) is 0 Å². The maximum Gasteiger partial charge on any atom is 0.183 e. The Kier molecular flexibility index (Phi) is 8.16. The lowest BCUT2D eigenvalue weighted by Gasteiger charge is -2.10. The Morgan fingerprint density at radius 3 is 2.42 bits per heavy atom. The largest absolute Gasteiger partial charge is 0.479 e. The number of hydrogen-bond acceptors (Lipinski definition) is 2. The molecule has 0 aromatic rings. The highest BCUT2D eigenvalue weighted by Crippen LogP contribution is 2.20. The van der Waals surface area contributed by atoms with Crippen LogP contribution in [-0.4, -0.2) is 18.5 Å². The molecule has 19 heavy (non-hydrogen) atoms. The molecule has 0 radical (unpaired) electrons. The summed E-state index contributed by atoms with van der Waals surface area (Å²) < 4.78 is 5.71. The average Bonchev–Trinajstić information content (AvgIpc) is 2.82. The van der Waals surface area contributed by atoms with Crippen molar-refractivity contribution in [3.05, 3.63) is 0 Å². The molecule has 2 unspecified atom stereocenters. The van der Waals surface area contributed by atoms with Gasteiger partial charge in [0.15, 0.2) is 5.90 Å². The molecule has 1 heterocycles. The van der Waals surface area contributed by atoms with Gasteiger partial charge >= 0.3 is 0 Å². The van der Waals surface area contributed by atoms with Gasteiger partial charge in [-0.2, -0.15) is 0 Å². The van der Waals surface area contributed by atoms with E-state index in [4.69, 9.17) is 9.73 Å². The van der Waals surface area contributed by atoms with E-state index in [0.29, 0.717) is 12.0 Å². The van der Waals surface area contributed by atoms with Crippen molar-refractivity contribution in [1.29, 1.82) is 0 Å². The van der Waals surface area contributed by atoms with Gasteiger partial charge in [-0.25, -0.2) is 4.99 Å². The van der Waals surface area contributed by atoms with Crippen molar-refractivity contribution in [2.75, 3.05) is 6.61 Å². The van der Waals surface area contributed by atoms with Crippen LogP contribution < -0.4 is 0 Å². The van der Waals surface area contributed by atoms with Crippen molar-refractivity contribution in [1.82, 2.24) is 0 Å². The molecule has 0 aliphatic carbocycles. The minimum Gasteiger partial charge on any atom is -0.479 e. The molecule has 2 nitrogen and oxygen atoms in total. The first-order valence-electron chi connectivity index (χ1n) is 8.33. The second kappa shape index (κ2) is 9.39. The van der Waals surface area contributed by atoms with Gasteiger partial charge in [0.1, 0.15) is 6.61 Å². The van der Waals surface area contributed by atoms with Crippen molar-refractivity contribution >= 4 is 5.90 Å². The molecule has 0 fully saturated rings. The highest BCUT2D eigenvalue weighted by atomic mass is 16.5. The zero-order valence-corrected chi connectivity index (χ0v) is 13.5. The standard InChI is InChI=1S/C17H33NO/c1-5-6-7-8-9-10-11-15(4)12-17-18-16(13-19-17)14(2)3/h14-16H,5-13H2,1-4H3. The fourth-order valence-electron chi connectivity index (χ4n) is 2.57. The second-order valence-corrected chi connectivity index (χ2v) is 6.51. The molecule has 1 aliphatic heterocycles. The highest BCUT2D eigenvalue weighted by molar-refractivity contribution is 5.77. The Morgan fingerprint density at radius 1 is 1.11 bits per heavy atom. The minimum absolute atomic E-state index is 0.399. The summed E-state index contributed by atoms with van der Waals surface area (Å²) in [5.74, 6) is 2.33. The van der Waals surface area contributed by atoms with Gasteiger partial charge in [-0.05, 0) is 11.8 Å². The third-order valence-corrected chi connectivity index (χ3v) is 4.07. The summed E-state index contributed by atoms with van der Waals surface area (Å²) in [4.78, 5) is 4.69. The van der Waals surface area contributed by atoms with Crippen molar-refractivity contribution < 1.29 is 4.74 Å². The van der Waals surface area contributed by atoms with Crippen LogP contribution in [0.25, 0.3) is 0 Å². The van der Waals surface area contributed by atoms with Gasteiger partial charge in [0, 0.05) is 6.42 Å². The zero-order valence-electron chi connectivity index (χ0n) is 13.5. The number of aliphatic imine (C=N–C) groups is 1. The molecule has 1 aliphatic rings. The number of ether oxygens (including phenoxy) is 1. The van der Waals surface area contributed by atoms with Gasteiger partial charge in [-0.1, -0.05) is 72.6 Å². The SMILES string of the molecule is CCCCCCCCC(C)CC1=NC(C(C)C)CO1. The van der Waals surface area contributed by atoms with E-state index in [0.717, 1.165) is 24.8 Å². The smallest absolute Gasteiger partial charge is 0.183 e. The number of hydrogen-bond donors (Lipinski definition) is 0. The average molecular weight is 267 g/mol. The highest BCUT2D eigenvalue weighted by Gasteiger charge is 2.22. The van der Waals surface area contributed by atoms with Crippen LogP contribution in [0.5, 0.6) is 0 Å². The van der Waals surface area contributed by atoms with E-state index < -0.39 is 0 Å². The summed E-state index contributed by atoms with van der Waals surface area (Å²) >= 11 is 0. The third-order valence-electron chi connectivity index (χ3n) is 4.07. The summed E-state index contributed by atoms with van der Waals surface area (Å²) in [5.41, 5.74) is 0. The molecule has 0 bridgehead atoms. The molecule has 0 saturated heterocycles. The summed E-state index contributed by atoms with van der Waals surface area (Å²) in [6.07, 6.45) is 10.7. The molecular formula is C17H33NO. The molecule has 2 heteroatoms. The van der Waals surface area contributed by atoms with Crippen molar-refractivity contribution in [3.8, 4) is 0 Å². The second-order valence-electron chi connectivity index (χ2n) is 6.51. The van der Waals surface area contributed by atoms with Gasteiger partial charge < -0.3 is 4.74 Å². The lowest BCUT2D eigenvalue weighted by atomic mass is 9.99.